The smallest absolute Gasteiger partial charge is 0.257 e. The average Bonchev–Trinajstić information content (AvgIpc) is 3.20. The first-order valence-corrected chi connectivity index (χ1v) is 11.9. The second-order valence-electron chi connectivity index (χ2n) is 6.94. The summed E-state index contributed by atoms with van der Waals surface area (Å²) in [6, 6.07) is 8.62. The number of anilines is 1. The van der Waals surface area contributed by atoms with Crippen LogP contribution in [0.2, 0.25) is 0 Å². The molecule has 0 aliphatic carbocycles. The van der Waals surface area contributed by atoms with Gasteiger partial charge in [0.1, 0.15) is 0 Å². The number of thiazole rings is 1. The highest BCUT2D eigenvalue weighted by Crippen LogP contribution is 2.30. The molecule has 2 heterocycles. The van der Waals surface area contributed by atoms with Crippen LogP contribution in [-0.4, -0.2) is 30.1 Å². The van der Waals surface area contributed by atoms with Gasteiger partial charge in [-0.15, -0.1) is 17.9 Å². The van der Waals surface area contributed by atoms with Crippen LogP contribution < -0.4 is 5.32 Å². The Hall–Kier alpha value is -2.71. The zero-order chi connectivity index (χ0) is 21.2. The van der Waals surface area contributed by atoms with E-state index in [9.17, 15) is 13.2 Å². The van der Waals surface area contributed by atoms with Crippen LogP contribution in [0.1, 0.15) is 27.3 Å². The third-order valence-electron chi connectivity index (χ3n) is 4.53. The quantitative estimate of drug-likeness (QED) is 0.571. The van der Waals surface area contributed by atoms with Gasteiger partial charge < -0.3 is 4.57 Å². The van der Waals surface area contributed by atoms with Gasteiger partial charge in [0.25, 0.3) is 5.91 Å². The number of carbonyl (C=O) groups excluding carboxylic acids is 1. The molecule has 0 atom stereocenters. The molecule has 0 unspecified atom stereocenters. The minimum absolute atomic E-state index is 0.0466. The Balaban J connectivity index is 1.74. The van der Waals surface area contributed by atoms with E-state index in [1.165, 1.54) is 17.6 Å². The van der Waals surface area contributed by atoms with Crippen molar-refractivity contribution in [2.75, 3.05) is 11.6 Å². The van der Waals surface area contributed by atoms with Crippen LogP contribution in [0.15, 0.2) is 48.4 Å². The lowest BCUT2D eigenvalue weighted by atomic mass is 10.1. The molecule has 1 amide bonds. The number of hydrogen-bond donors (Lipinski definition) is 1. The molecule has 3 aromatic rings. The summed E-state index contributed by atoms with van der Waals surface area (Å²) in [6.45, 7) is 8.62. The van der Waals surface area contributed by atoms with Crippen LogP contribution in [0.4, 0.5) is 5.13 Å². The first kappa shape index (κ1) is 21.0. The van der Waals surface area contributed by atoms with E-state index in [0.717, 1.165) is 29.2 Å². The van der Waals surface area contributed by atoms with Crippen LogP contribution in [0.5, 0.6) is 0 Å². The maximum absolute atomic E-state index is 12.5. The van der Waals surface area contributed by atoms with Crippen molar-refractivity contribution in [2.45, 2.75) is 26.1 Å². The standard InChI is InChI=1S/C21H23N3O3S2/c1-5-10-24-14(2)11-18(15(24)3)19-12-28-21(22-19)23-20(25)17-8-6-16(7-9-17)13-29(4,26)27/h5-9,11-12H,1,10,13H2,2-4H3,(H,22,23,25). The molecule has 0 fully saturated rings. The number of benzene rings is 1. The van der Waals surface area contributed by atoms with Crippen LogP contribution in [0, 0.1) is 13.8 Å². The van der Waals surface area contributed by atoms with Crippen molar-refractivity contribution < 1.29 is 13.2 Å². The molecule has 0 saturated heterocycles. The highest BCUT2D eigenvalue weighted by atomic mass is 32.2. The predicted molar refractivity (Wildman–Crippen MR) is 118 cm³/mol. The maximum Gasteiger partial charge on any atom is 0.257 e. The monoisotopic (exact) mass is 429 g/mol. The third kappa shape index (κ3) is 5.02. The van der Waals surface area contributed by atoms with Crippen molar-refractivity contribution in [1.82, 2.24) is 9.55 Å². The van der Waals surface area contributed by atoms with Gasteiger partial charge in [-0.05, 0) is 37.6 Å². The van der Waals surface area contributed by atoms with Gasteiger partial charge in [-0.3, -0.25) is 10.1 Å². The molecule has 8 heteroatoms. The van der Waals surface area contributed by atoms with Crippen LogP contribution >= 0.6 is 11.3 Å². The van der Waals surface area contributed by atoms with E-state index in [1.807, 2.05) is 25.3 Å². The SMILES string of the molecule is C=CCn1c(C)cc(-c2csc(NC(=O)c3ccc(CS(C)(=O)=O)cc3)n2)c1C. The molecule has 152 valence electrons. The summed E-state index contributed by atoms with van der Waals surface area (Å²) in [4.78, 5) is 17.0. The van der Waals surface area contributed by atoms with Crippen molar-refractivity contribution in [3.63, 3.8) is 0 Å². The Labute approximate surface area is 174 Å². The number of rotatable bonds is 7. The Morgan fingerprint density at radius 3 is 2.59 bits per heavy atom. The number of carbonyl (C=O) groups is 1. The van der Waals surface area contributed by atoms with E-state index in [2.05, 4.69) is 27.5 Å². The molecular weight excluding hydrogens is 406 g/mol. The summed E-state index contributed by atoms with van der Waals surface area (Å²) in [6.07, 6.45) is 3.04. The zero-order valence-electron chi connectivity index (χ0n) is 16.6. The molecule has 1 N–H and O–H groups in total. The second kappa shape index (κ2) is 8.34. The fourth-order valence-corrected chi connectivity index (χ4v) is 4.65. The van der Waals surface area contributed by atoms with Crippen molar-refractivity contribution in [1.29, 1.82) is 0 Å². The van der Waals surface area contributed by atoms with E-state index >= 15 is 0 Å². The van der Waals surface area contributed by atoms with Gasteiger partial charge in [0.05, 0.1) is 11.4 Å². The molecule has 0 aliphatic heterocycles. The van der Waals surface area contributed by atoms with Gasteiger partial charge in [0, 0.05) is 40.7 Å². The topological polar surface area (TPSA) is 81.1 Å². The first-order chi connectivity index (χ1) is 13.7. The summed E-state index contributed by atoms with van der Waals surface area (Å²) < 4.78 is 24.9. The molecular formula is C21H23N3O3S2. The zero-order valence-corrected chi connectivity index (χ0v) is 18.2. The summed E-state index contributed by atoms with van der Waals surface area (Å²) in [7, 11) is -3.11. The van der Waals surface area contributed by atoms with Crippen molar-refractivity contribution >= 4 is 32.2 Å². The normalized spacial score (nSPS) is 11.4. The average molecular weight is 430 g/mol. The number of amides is 1. The van der Waals surface area contributed by atoms with Crippen LogP contribution in [0.25, 0.3) is 11.3 Å². The Bertz CT molecular complexity index is 1160. The minimum Gasteiger partial charge on any atom is -0.345 e. The van der Waals surface area contributed by atoms with Gasteiger partial charge in [-0.25, -0.2) is 13.4 Å². The fourth-order valence-electron chi connectivity index (χ4n) is 3.15. The third-order valence-corrected chi connectivity index (χ3v) is 6.15. The first-order valence-electron chi connectivity index (χ1n) is 8.99. The van der Waals surface area contributed by atoms with Gasteiger partial charge in [0.2, 0.25) is 0 Å². The van der Waals surface area contributed by atoms with Gasteiger partial charge in [-0.1, -0.05) is 18.2 Å². The summed E-state index contributed by atoms with van der Waals surface area (Å²) in [5.41, 5.74) is 5.18. The van der Waals surface area contributed by atoms with E-state index < -0.39 is 9.84 Å². The summed E-state index contributed by atoms with van der Waals surface area (Å²) in [5.74, 6) is -0.330. The molecule has 29 heavy (non-hydrogen) atoms. The molecule has 0 spiro atoms. The molecule has 3 rings (SSSR count). The maximum atomic E-state index is 12.5. The predicted octanol–water partition coefficient (Wildman–Crippen LogP) is 4.21. The van der Waals surface area contributed by atoms with E-state index in [-0.39, 0.29) is 11.7 Å². The second-order valence-corrected chi connectivity index (χ2v) is 9.94. The van der Waals surface area contributed by atoms with Gasteiger partial charge in [0.15, 0.2) is 15.0 Å². The molecule has 0 saturated carbocycles. The van der Waals surface area contributed by atoms with E-state index in [0.29, 0.717) is 16.3 Å². The number of aromatic nitrogens is 2. The van der Waals surface area contributed by atoms with E-state index in [1.54, 1.807) is 24.3 Å². The molecule has 0 aliphatic rings. The Kier molecular flexibility index (Phi) is 6.04. The molecule has 6 nitrogen and oxygen atoms in total. The molecule has 0 radical (unpaired) electrons. The van der Waals surface area contributed by atoms with Crippen LogP contribution in [0.3, 0.4) is 0 Å². The van der Waals surface area contributed by atoms with Crippen molar-refractivity contribution in [2.24, 2.45) is 0 Å². The summed E-state index contributed by atoms with van der Waals surface area (Å²) in [5, 5.41) is 5.24. The van der Waals surface area contributed by atoms with Crippen molar-refractivity contribution in [3.8, 4) is 11.3 Å². The molecule has 0 bridgehead atoms. The lowest BCUT2D eigenvalue weighted by Gasteiger charge is -2.05. The highest BCUT2D eigenvalue weighted by Gasteiger charge is 2.15. The number of hydrogen-bond acceptors (Lipinski definition) is 5. The van der Waals surface area contributed by atoms with Crippen LogP contribution in [-0.2, 0) is 22.1 Å². The number of nitrogens with one attached hydrogen (secondary N) is 1. The fraction of sp³-hybridized carbons (Fsp3) is 0.238. The van der Waals surface area contributed by atoms with Crippen molar-refractivity contribution in [3.05, 3.63) is 70.9 Å². The lowest BCUT2D eigenvalue weighted by Crippen LogP contribution is -2.12. The number of sulfone groups is 1. The number of nitrogens with zero attached hydrogens (tertiary/aromatic N) is 2. The van der Waals surface area contributed by atoms with Gasteiger partial charge in [-0.2, -0.15) is 0 Å². The Morgan fingerprint density at radius 1 is 1.28 bits per heavy atom. The molecule has 1 aromatic carbocycles. The Morgan fingerprint density at radius 2 is 1.97 bits per heavy atom. The molecule has 2 aromatic heterocycles. The highest BCUT2D eigenvalue weighted by molar-refractivity contribution is 7.89. The lowest BCUT2D eigenvalue weighted by molar-refractivity contribution is 0.102. The number of allylic oxidation sites excluding steroid dienone is 1. The van der Waals surface area contributed by atoms with Gasteiger partial charge >= 0.3 is 0 Å². The van der Waals surface area contributed by atoms with E-state index in [4.69, 9.17) is 0 Å². The minimum atomic E-state index is -3.11. The largest absolute Gasteiger partial charge is 0.345 e. The summed E-state index contributed by atoms with van der Waals surface area (Å²) >= 11 is 1.36. The number of aryl methyl sites for hydroxylation is 1.